The van der Waals surface area contributed by atoms with Crippen LogP contribution in [0.2, 0.25) is 0 Å². The summed E-state index contributed by atoms with van der Waals surface area (Å²) in [6.45, 7) is 4.54. The van der Waals surface area contributed by atoms with Crippen molar-refractivity contribution in [2.75, 3.05) is 13.4 Å². The molecule has 6 heteroatoms. The number of hydrogen-bond acceptors (Lipinski definition) is 5. The Morgan fingerprint density at radius 1 is 1.12 bits per heavy atom. The lowest BCUT2D eigenvalue weighted by molar-refractivity contribution is 0.0955. The molecule has 24 heavy (non-hydrogen) atoms. The van der Waals surface area contributed by atoms with Crippen molar-refractivity contribution in [2.45, 2.75) is 13.8 Å². The Morgan fingerprint density at radius 2 is 1.83 bits per heavy atom. The SMILES string of the molecule is CCOc1ccc(C(=O)N/N=C(\C)c2ccc3c(c2)OCO3)cc1. The fourth-order valence-corrected chi connectivity index (χ4v) is 2.25. The molecule has 0 saturated heterocycles. The van der Waals surface area contributed by atoms with Crippen LogP contribution in [-0.2, 0) is 0 Å². The number of hydrazone groups is 1. The topological polar surface area (TPSA) is 69.2 Å². The Kier molecular flexibility index (Phi) is 4.65. The standard InChI is InChI=1S/C18H18N2O4/c1-3-22-15-7-4-13(5-8-15)18(21)20-19-12(2)14-6-9-16-17(10-14)24-11-23-16/h4-10H,3,11H2,1-2H3,(H,20,21)/b19-12+. The molecule has 0 aromatic heterocycles. The first-order valence-electron chi connectivity index (χ1n) is 7.65. The molecular formula is C18H18N2O4. The zero-order valence-electron chi connectivity index (χ0n) is 13.5. The Hall–Kier alpha value is -3.02. The monoisotopic (exact) mass is 326 g/mol. The van der Waals surface area contributed by atoms with Gasteiger partial charge >= 0.3 is 0 Å². The van der Waals surface area contributed by atoms with E-state index in [1.54, 1.807) is 24.3 Å². The maximum atomic E-state index is 12.1. The van der Waals surface area contributed by atoms with Crippen molar-refractivity contribution in [1.82, 2.24) is 5.43 Å². The summed E-state index contributed by atoms with van der Waals surface area (Å²) in [5.41, 5.74) is 4.59. The van der Waals surface area contributed by atoms with Gasteiger partial charge in [0.05, 0.1) is 12.3 Å². The number of carbonyl (C=O) groups is 1. The van der Waals surface area contributed by atoms with Crippen molar-refractivity contribution < 1.29 is 19.0 Å². The molecule has 0 unspecified atom stereocenters. The molecule has 0 atom stereocenters. The van der Waals surface area contributed by atoms with Gasteiger partial charge in [-0.1, -0.05) is 0 Å². The summed E-state index contributed by atoms with van der Waals surface area (Å²) >= 11 is 0. The number of rotatable bonds is 5. The predicted molar refractivity (Wildman–Crippen MR) is 89.9 cm³/mol. The second-order valence-electron chi connectivity index (χ2n) is 5.16. The first kappa shape index (κ1) is 15.9. The molecule has 1 aliphatic heterocycles. The van der Waals surface area contributed by atoms with Gasteiger partial charge in [-0.15, -0.1) is 0 Å². The highest BCUT2D eigenvalue weighted by molar-refractivity contribution is 6.01. The number of fused-ring (bicyclic) bond motifs is 1. The summed E-state index contributed by atoms with van der Waals surface area (Å²) in [5, 5.41) is 4.14. The lowest BCUT2D eigenvalue weighted by atomic mass is 10.1. The van der Waals surface area contributed by atoms with Crippen molar-refractivity contribution in [3.05, 3.63) is 53.6 Å². The van der Waals surface area contributed by atoms with Crippen molar-refractivity contribution in [1.29, 1.82) is 0 Å². The van der Waals surface area contributed by atoms with E-state index in [1.165, 1.54) is 0 Å². The Balaban J connectivity index is 1.66. The second-order valence-corrected chi connectivity index (χ2v) is 5.16. The van der Waals surface area contributed by atoms with Crippen LogP contribution in [0.15, 0.2) is 47.6 Å². The van der Waals surface area contributed by atoms with E-state index >= 15 is 0 Å². The third-order valence-corrected chi connectivity index (χ3v) is 3.54. The highest BCUT2D eigenvalue weighted by Crippen LogP contribution is 2.32. The van der Waals surface area contributed by atoms with E-state index < -0.39 is 0 Å². The van der Waals surface area contributed by atoms with Crippen LogP contribution in [0.25, 0.3) is 0 Å². The molecule has 0 spiro atoms. The minimum atomic E-state index is -0.279. The van der Waals surface area contributed by atoms with Crippen LogP contribution in [-0.4, -0.2) is 25.0 Å². The van der Waals surface area contributed by atoms with Gasteiger partial charge in [-0.25, -0.2) is 5.43 Å². The van der Waals surface area contributed by atoms with Gasteiger partial charge in [0.15, 0.2) is 11.5 Å². The van der Waals surface area contributed by atoms with E-state index in [4.69, 9.17) is 14.2 Å². The molecule has 3 rings (SSSR count). The second kappa shape index (κ2) is 7.04. The van der Waals surface area contributed by atoms with E-state index in [-0.39, 0.29) is 12.7 Å². The van der Waals surface area contributed by atoms with Crippen LogP contribution < -0.4 is 19.6 Å². The van der Waals surface area contributed by atoms with Gasteiger partial charge in [0.25, 0.3) is 5.91 Å². The van der Waals surface area contributed by atoms with E-state index in [9.17, 15) is 4.79 Å². The van der Waals surface area contributed by atoms with Crippen LogP contribution in [0.4, 0.5) is 0 Å². The first-order chi connectivity index (χ1) is 11.7. The Labute approximate surface area is 140 Å². The maximum absolute atomic E-state index is 12.1. The number of amides is 1. The third kappa shape index (κ3) is 3.48. The zero-order valence-corrected chi connectivity index (χ0v) is 13.5. The van der Waals surface area contributed by atoms with Gasteiger partial charge in [-0.2, -0.15) is 5.10 Å². The molecule has 124 valence electrons. The van der Waals surface area contributed by atoms with Crippen molar-refractivity contribution in [3.8, 4) is 17.2 Å². The molecule has 0 aliphatic carbocycles. The molecule has 1 aliphatic rings. The molecule has 2 aromatic rings. The van der Waals surface area contributed by atoms with E-state index in [0.29, 0.717) is 29.4 Å². The number of benzene rings is 2. The summed E-state index contributed by atoms with van der Waals surface area (Å²) in [6, 6.07) is 12.4. The smallest absolute Gasteiger partial charge is 0.271 e. The van der Waals surface area contributed by atoms with Crippen LogP contribution in [0.1, 0.15) is 29.8 Å². The van der Waals surface area contributed by atoms with Crippen molar-refractivity contribution in [2.24, 2.45) is 5.10 Å². The van der Waals surface area contributed by atoms with Crippen molar-refractivity contribution in [3.63, 3.8) is 0 Å². The largest absolute Gasteiger partial charge is 0.494 e. The lowest BCUT2D eigenvalue weighted by Gasteiger charge is -2.06. The Bertz CT molecular complexity index is 769. The quantitative estimate of drug-likeness (QED) is 0.677. The Morgan fingerprint density at radius 3 is 2.58 bits per heavy atom. The van der Waals surface area contributed by atoms with Gasteiger partial charge in [0.1, 0.15) is 5.75 Å². The molecule has 0 radical (unpaired) electrons. The fourth-order valence-electron chi connectivity index (χ4n) is 2.25. The molecule has 1 N–H and O–H groups in total. The van der Waals surface area contributed by atoms with E-state index in [0.717, 1.165) is 11.3 Å². The summed E-state index contributed by atoms with van der Waals surface area (Å²) in [6.07, 6.45) is 0. The van der Waals surface area contributed by atoms with Gasteiger partial charge in [0, 0.05) is 11.1 Å². The molecule has 6 nitrogen and oxygen atoms in total. The highest BCUT2D eigenvalue weighted by atomic mass is 16.7. The molecule has 1 heterocycles. The number of hydrogen-bond donors (Lipinski definition) is 1. The minimum Gasteiger partial charge on any atom is -0.494 e. The number of nitrogens with one attached hydrogen (secondary N) is 1. The number of ether oxygens (including phenoxy) is 3. The van der Waals surface area contributed by atoms with Gasteiger partial charge in [-0.05, 0) is 56.3 Å². The predicted octanol–water partition coefficient (Wildman–Crippen LogP) is 2.97. The minimum absolute atomic E-state index is 0.226. The molecule has 2 aromatic carbocycles. The van der Waals surface area contributed by atoms with Crippen LogP contribution in [0.3, 0.4) is 0 Å². The molecular weight excluding hydrogens is 308 g/mol. The van der Waals surface area contributed by atoms with Crippen molar-refractivity contribution >= 4 is 11.6 Å². The average Bonchev–Trinajstić information content (AvgIpc) is 3.08. The molecule has 0 saturated carbocycles. The van der Waals surface area contributed by atoms with Crippen LogP contribution >= 0.6 is 0 Å². The van der Waals surface area contributed by atoms with Crippen LogP contribution in [0.5, 0.6) is 17.2 Å². The molecule has 0 bridgehead atoms. The molecule has 1 amide bonds. The van der Waals surface area contributed by atoms with Crippen LogP contribution in [0, 0.1) is 0 Å². The van der Waals surface area contributed by atoms with Gasteiger partial charge in [-0.3, -0.25) is 4.79 Å². The maximum Gasteiger partial charge on any atom is 0.271 e. The first-order valence-corrected chi connectivity index (χ1v) is 7.65. The number of carbonyl (C=O) groups excluding carboxylic acids is 1. The van der Waals surface area contributed by atoms with Gasteiger partial charge in [0.2, 0.25) is 6.79 Å². The third-order valence-electron chi connectivity index (χ3n) is 3.54. The number of nitrogens with zero attached hydrogens (tertiary/aromatic N) is 1. The summed E-state index contributed by atoms with van der Waals surface area (Å²) in [4.78, 5) is 12.1. The summed E-state index contributed by atoms with van der Waals surface area (Å²) in [7, 11) is 0. The highest BCUT2D eigenvalue weighted by Gasteiger charge is 2.14. The average molecular weight is 326 g/mol. The zero-order chi connectivity index (χ0) is 16.9. The normalized spacial score (nSPS) is 12.8. The molecule has 0 fully saturated rings. The van der Waals surface area contributed by atoms with E-state index in [2.05, 4.69) is 10.5 Å². The van der Waals surface area contributed by atoms with Gasteiger partial charge < -0.3 is 14.2 Å². The lowest BCUT2D eigenvalue weighted by Crippen LogP contribution is -2.19. The summed E-state index contributed by atoms with van der Waals surface area (Å²) < 4.78 is 16.0. The van der Waals surface area contributed by atoms with E-state index in [1.807, 2.05) is 32.0 Å². The summed E-state index contributed by atoms with van der Waals surface area (Å²) in [5.74, 6) is 1.84. The fraction of sp³-hybridized carbons (Fsp3) is 0.222.